The summed E-state index contributed by atoms with van der Waals surface area (Å²) in [7, 11) is 2.19. The predicted octanol–water partition coefficient (Wildman–Crippen LogP) is 2.63. The van der Waals surface area contributed by atoms with Crippen molar-refractivity contribution >= 4 is 11.6 Å². The minimum absolute atomic E-state index is 0.785. The first-order valence-electron chi connectivity index (χ1n) is 6.29. The zero-order valence-corrected chi connectivity index (χ0v) is 11.4. The van der Waals surface area contributed by atoms with Gasteiger partial charge < -0.3 is 10.2 Å². The van der Waals surface area contributed by atoms with Gasteiger partial charge in [0.1, 0.15) is 0 Å². The van der Waals surface area contributed by atoms with Gasteiger partial charge in [0.25, 0.3) is 0 Å². The van der Waals surface area contributed by atoms with Crippen LogP contribution >= 0.6 is 11.6 Å². The lowest BCUT2D eigenvalue weighted by Gasteiger charge is -2.23. The van der Waals surface area contributed by atoms with E-state index in [2.05, 4.69) is 36.3 Å². The Balaban J connectivity index is 1.84. The third kappa shape index (κ3) is 3.70. The first-order valence-corrected chi connectivity index (χ1v) is 6.66. The highest BCUT2D eigenvalue weighted by Gasteiger charge is 2.23. The maximum atomic E-state index is 5.88. The fourth-order valence-electron chi connectivity index (χ4n) is 2.48. The minimum Gasteiger partial charge on any atom is -0.316 e. The summed E-state index contributed by atoms with van der Waals surface area (Å²) in [6, 6.07) is 8.14. The molecule has 17 heavy (non-hydrogen) atoms. The smallest absolute Gasteiger partial charge is 0.0406 e. The summed E-state index contributed by atoms with van der Waals surface area (Å²) in [5, 5.41) is 4.26. The Morgan fingerprint density at radius 3 is 2.59 bits per heavy atom. The highest BCUT2D eigenvalue weighted by molar-refractivity contribution is 6.30. The first-order chi connectivity index (χ1) is 8.15. The van der Waals surface area contributed by atoms with Crippen molar-refractivity contribution in [2.45, 2.75) is 13.5 Å². The van der Waals surface area contributed by atoms with Crippen molar-refractivity contribution in [1.29, 1.82) is 0 Å². The van der Waals surface area contributed by atoms with Crippen LogP contribution in [0.15, 0.2) is 24.3 Å². The molecule has 0 amide bonds. The number of hydrogen-bond donors (Lipinski definition) is 1. The van der Waals surface area contributed by atoms with Crippen molar-refractivity contribution in [2.24, 2.45) is 11.8 Å². The standard InChI is InChI=1S/C14H21ClN2/c1-11-7-16-8-13(11)10-17(2)9-12-3-5-14(15)6-4-12/h3-6,11,13,16H,7-10H2,1-2H3/t11-,13+/m1/s1. The number of hydrogen-bond acceptors (Lipinski definition) is 2. The van der Waals surface area contributed by atoms with Gasteiger partial charge in [-0.05, 0) is 49.7 Å². The SMILES string of the molecule is C[C@@H]1CNC[C@H]1CN(C)Cc1ccc(Cl)cc1. The summed E-state index contributed by atoms with van der Waals surface area (Å²) in [4.78, 5) is 2.40. The minimum atomic E-state index is 0.785. The molecule has 1 aromatic carbocycles. The topological polar surface area (TPSA) is 15.3 Å². The average Bonchev–Trinajstić information content (AvgIpc) is 2.68. The Morgan fingerprint density at radius 1 is 1.29 bits per heavy atom. The largest absolute Gasteiger partial charge is 0.316 e. The van der Waals surface area contributed by atoms with Gasteiger partial charge in [0, 0.05) is 18.1 Å². The molecule has 0 unspecified atom stereocenters. The average molecular weight is 253 g/mol. The van der Waals surface area contributed by atoms with Crippen LogP contribution in [0.2, 0.25) is 5.02 Å². The number of halogens is 1. The van der Waals surface area contributed by atoms with E-state index in [1.807, 2.05) is 12.1 Å². The maximum Gasteiger partial charge on any atom is 0.0406 e. The molecule has 1 aliphatic rings. The Morgan fingerprint density at radius 2 is 2.00 bits per heavy atom. The van der Waals surface area contributed by atoms with Crippen molar-refractivity contribution in [2.75, 3.05) is 26.7 Å². The van der Waals surface area contributed by atoms with E-state index >= 15 is 0 Å². The molecule has 2 nitrogen and oxygen atoms in total. The number of nitrogens with zero attached hydrogens (tertiary/aromatic N) is 1. The summed E-state index contributed by atoms with van der Waals surface area (Å²) >= 11 is 5.88. The Bertz CT molecular complexity index is 350. The molecule has 3 heteroatoms. The molecule has 2 rings (SSSR count). The van der Waals surface area contributed by atoms with Crippen molar-refractivity contribution in [3.05, 3.63) is 34.9 Å². The summed E-state index contributed by atoms with van der Waals surface area (Å²) < 4.78 is 0. The van der Waals surface area contributed by atoms with E-state index < -0.39 is 0 Å². The lowest BCUT2D eigenvalue weighted by atomic mass is 9.97. The van der Waals surface area contributed by atoms with Gasteiger partial charge in [-0.3, -0.25) is 0 Å². The van der Waals surface area contributed by atoms with Crippen LogP contribution in [-0.2, 0) is 6.54 Å². The third-order valence-electron chi connectivity index (χ3n) is 3.59. The van der Waals surface area contributed by atoms with Crippen molar-refractivity contribution in [3.8, 4) is 0 Å². The zero-order chi connectivity index (χ0) is 12.3. The number of nitrogens with one attached hydrogen (secondary N) is 1. The second-order valence-corrected chi connectivity index (χ2v) is 5.66. The van der Waals surface area contributed by atoms with E-state index in [4.69, 9.17) is 11.6 Å². The summed E-state index contributed by atoms with van der Waals surface area (Å²) in [5.74, 6) is 1.58. The highest BCUT2D eigenvalue weighted by Crippen LogP contribution is 2.18. The van der Waals surface area contributed by atoms with Gasteiger partial charge >= 0.3 is 0 Å². The van der Waals surface area contributed by atoms with Crippen molar-refractivity contribution in [1.82, 2.24) is 10.2 Å². The highest BCUT2D eigenvalue weighted by atomic mass is 35.5. The molecule has 1 heterocycles. The number of rotatable bonds is 4. The molecule has 1 saturated heterocycles. The van der Waals surface area contributed by atoms with Crippen molar-refractivity contribution in [3.63, 3.8) is 0 Å². The summed E-state index contributed by atoms with van der Waals surface area (Å²) in [6.07, 6.45) is 0. The lowest BCUT2D eigenvalue weighted by Crippen LogP contribution is -2.28. The molecule has 1 aromatic rings. The molecule has 1 N–H and O–H groups in total. The van der Waals surface area contributed by atoms with Gasteiger partial charge in [0.15, 0.2) is 0 Å². The zero-order valence-electron chi connectivity index (χ0n) is 10.6. The van der Waals surface area contributed by atoms with Crippen LogP contribution in [0.1, 0.15) is 12.5 Å². The molecule has 0 aliphatic carbocycles. The first kappa shape index (κ1) is 12.9. The molecule has 0 bridgehead atoms. The molecule has 0 saturated carbocycles. The third-order valence-corrected chi connectivity index (χ3v) is 3.84. The predicted molar refractivity (Wildman–Crippen MR) is 73.3 cm³/mol. The van der Waals surface area contributed by atoms with Crippen LogP contribution in [0.25, 0.3) is 0 Å². The van der Waals surface area contributed by atoms with Crippen molar-refractivity contribution < 1.29 is 0 Å². The monoisotopic (exact) mass is 252 g/mol. The lowest BCUT2D eigenvalue weighted by molar-refractivity contribution is 0.252. The van der Waals surface area contributed by atoms with Gasteiger partial charge in [-0.25, -0.2) is 0 Å². The van der Waals surface area contributed by atoms with E-state index in [0.29, 0.717) is 0 Å². The Labute approximate surface area is 109 Å². The summed E-state index contributed by atoms with van der Waals surface area (Å²) in [5.41, 5.74) is 1.33. The summed E-state index contributed by atoms with van der Waals surface area (Å²) in [6.45, 7) is 6.82. The van der Waals surface area contributed by atoms with Crippen LogP contribution in [0, 0.1) is 11.8 Å². The molecule has 1 fully saturated rings. The molecular formula is C14H21ClN2. The van der Waals surface area contributed by atoms with Gasteiger partial charge in [-0.15, -0.1) is 0 Å². The van der Waals surface area contributed by atoms with E-state index in [0.717, 1.165) is 36.5 Å². The van der Waals surface area contributed by atoms with E-state index in [1.165, 1.54) is 12.1 Å². The fourth-order valence-corrected chi connectivity index (χ4v) is 2.60. The fraction of sp³-hybridized carbons (Fsp3) is 0.571. The van der Waals surface area contributed by atoms with E-state index in [1.54, 1.807) is 0 Å². The van der Waals surface area contributed by atoms with Gasteiger partial charge in [-0.2, -0.15) is 0 Å². The van der Waals surface area contributed by atoms with Crippen LogP contribution in [-0.4, -0.2) is 31.6 Å². The number of benzene rings is 1. The molecule has 1 aliphatic heterocycles. The normalized spacial score (nSPS) is 24.5. The van der Waals surface area contributed by atoms with Crippen LogP contribution in [0.3, 0.4) is 0 Å². The van der Waals surface area contributed by atoms with E-state index in [9.17, 15) is 0 Å². The van der Waals surface area contributed by atoms with Crippen LogP contribution in [0.5, 0.6) is 0 Å². The second-order valence-electron chi connectivity index (χ2n) is 5.22. The molecular weight excluding hydrogens is 232 g/mol. The Kier molecular flexibility index (Phi) is 4.43. The van der Waals surface area contributed by atoms with E-state index in [-0.39, 0.29) is 0 Å². The van der Waals surface area contributed by atoms with Gasteiger partial charge in [-0.1, -0.05) is 30.7 Å². The Hall–Kier alpha value is -0.570. The van der Waals surface area contributed by atoms with Crippen LogP contribution < -0.4 is 5.32 Å². The molecule has 2 atom stereocenters. The molecule has 0 aromatic heterocycles. The second kappa shape index (κ2) is 5.85. The maximum absolute atomic E-state index is 5.88. The molecule has 94 valence electrons. The van der Waals surface area contributed by atoms with Gasteiger partial charge in [0.2, 0.25) is 0 Å². The molecule has 0 radical (unpaired) electrons. The molecule has 0 spiro atoms. The van der Waals surface area contributed by atoms with Crippen LogP contribution in [0.4, 0.5) is 0 Å². The quantitative estimate of drug-likeness (QED) is 0.886. The van der Waals surface area contributed by atoms with Gasteiger partial charge in [0.05, 0.1) is 0 Å².